The molecule has 3 aromatic carbocycles. The molecule has 1 aliphatic rings. The van der Waals surface area contributed by atoms with E-state index in [9.17, 15) is 0 Å². The maximum absolute atomic E-state index is 6.08. The molecule has 0 saturated carbocycles. The van der Waals surface area contributed by atoms with Crippen LogP contribution in [-0.2, 0) is 0 Å². The SMILES string of the molecule is Cc1ccnc(Oc2cccc(-c3ccc4c(c3)[Si](C)(c3ncccc3C)c3ccccc3-4)c2)c1. The minimum Gasteiger partial charge on any atom is -0.439 e. The molecule has 1 aliphatic heterocycles. The molecule has 0 spiro atoms. The zero-order valence-corrected chi connectivity index (χ0v) is 21.1. The summed E-state index contributed by atoms with van der Waals surface area (Å²) >= 11 is 0. The zero-order valence-electron chi connectivity index (χ0n) is 20.1. The largest absolute Gasteiger partial charge is 0.439 e. The van der Waals surface area contributed by atoms with Crippen molar-refractivity contribution in [1.29, 1.82) is 0 Å². The first-order valence-corrected chi connectivity index (χ1v) is 14.4. The molecule has 1 atom stereocenters. The molecule has 170 valence electrons. The van der Waals surface area contributed by atoms with Crippen LogP contribution in [0.5, 0.6) is 11.6 Å². The van der Waals surface area contributed by atoms with E-state index in [0.717, 1.165) is 16.9 Å². The number of rotatable bonds is 4. The molecule has 2 aromatic heterocycles. The van der Waals surface area contributed by atoms with Gasteiger partial charge in [-0.25, -0.2) is 4.98 Å². The maximum atomic E-state index is 6.08. The summed E-state index contributed by atoms with van der Waals surface area (Å²) in [6, 6.07) is 32.2. The average Bonchev–Trinajstić information content (AvgIpc) is 3.13. The Morgan fingerprint density at radius 2 is 1.49 bits per heavy atom. The number of hydrogen-bond acceptors (Lipinski definition) is 3. The minimum atomic E-state index is -2.25. The standard InChI is InChI=1S/C31H26N2OSi/c1-21-15-17-32-30(18-21)34-25-10-6-9-23(19-25)24-13-14-27-26-11-4-5-12-28(26)35(3,29(27)20-24)31-22(2)8-7-16-33-31/h4-20H,1-3H3. The zero-order chi connectivity index (χ0) is 24.0. The summed E-state index contributed by atoms with van der Waals surface area (Å²) in [5, 5.41) is 4.10. The highest BCUT2D eigenvalue weighted by atomic mass is 28.3. The van der Waals surface area contributed by atoms with Crippen molar-refractivity contribution in [3.63, 3.8) is 0 Å². The van der Waals surface area contributed by atoms with Gasteiger partial charge in [0, 0.05) is 23.8 Å². The predicted molar refractivity (Wildman–Crippen MR) is 146 cm³/mol. The monoisotopic (exact) mass is 470 g/mol. The highest BCUT2D eigenvalue weighted by Gasteiger charge is 2.45. The molecule has 6 rings (SSSR count). The third kappa shape index (κ3) is 3.58. The highest BCUT2D eigenvalue weighted by molar-refractivity contribution is 7.13. The van der Waals surface area contributed by atoms with E-state index >= 15 is 0 Å². The van der Waals surface area contributed by atoms with Crippen LogP contribution in [-0.4, -0.2) is 18.0 Å². The van der Waals surface area contributed by atoms with Crippen molar-refractivity contribution >= 4 is 23.8 Å². The maximum Gasteiger partial charge on any atom is 0.219 e. The second kappa shape index (κ2) is 8.33. The number of aryl methyl sites for hydroxylation is 2. The quantitative estimate of drug-likeness (QED) is 0.319. The molecular formula is C31H26N2OSi. The van der Waals surface area contributed by atoms with Crippen LogP contribution in [0.2, 0.25) is 6.55 Å². The van der Waals surface area contributed by atoms with E-state index in [1.54, 1.807) is 6.20 Å². The van der Waals surface area contributed by atoms with Gasteiger partial charge in [0.1, 0.15) is 5.75 Å². The Morgan fingerprint density at radius 1 is 0.657 bits per heavy atom. The number of ether oxygens (including phenoxy) is 1. The van der Waals surface area contributed by atoms with E-state index in [4.69, 9.17) is 9.72 Å². The van der Waals surface area contributed by atoms with Crippen molar-refractivity contribution < 1.29 is 4.74 Å². The van der Waals surface area contributed by atoms with Gasteiger partial charge in [-0.05, 0) is 81.9 Å². The third-order valence-electron chi connectivity index (χ3n) is 7.08. The van der Waals surface area contributed by atoms with E-state index in [2.05, 4.69) is 79.1 Å². The molecule has 0 N–H and O–H groups in total. The number of pyridine rings is 2. The molecule has 0 saturated heterocycles. The van der Waals surface area contributed by atoms with Gasteiger partial charge in [0.2, 0.25) is 5.88 Å². The lowest BCUT2D eigenvalue weighted by Gasteiger charge is -2.26. The van der Waals surface area contributed by atoms with E-state index in [1.165, 1.54) is 37.9 Å². The Hall–Kier alpha value is -4.02. The van der Waals surface area contributed by atoms with Crippen molar-refractivity contribution in [3.8, 4) is 33.9 Å². The fourth-order valence-electron chi connectivity index (χ4n) is 5.36. The van der Waals surface area contributed by atoms with Crippen molar-refractivity contribution in [2.75, 3.05) is 0 Å². The fraction of sp³-hybridized carbons (Fsp3) is 0.0968. The normalized spacial score (nSPS) is 16.0. The Balaban J connectivity index is 1.47. The van der Waals surface area contributed by atoms with Gasteiger partial charge in [-0.15, -0.1) is 0 Å². The Kier molecular flexibility index (Phi) is 5.12. The summed E-state index contributed by atoms with van der Waals surface area (Å²) in [4.78, 5) is 9.28. The first-order valence-electron chi connectivity index (χ1n) is 11.9. The lowest BCUT2D eigenvalue weighted by molar-refractivity contribution is 0.462. The van der Waals surface area contributed by atoms with Crippen LogP contribution in [0.4, 0.5) is 0 Å². The number of aromatic nitrogens is 2. The molecule has 0 radical (unpaired) electrons. The first kappa shape index (κ1) is 21.5. The molecule has 0 fully saturated rings. The molecule has 0 bridgehead atoms. The van der Waals surface area contributed by atoms with E-state index in [-0.39, 0.29) is 0 Å². The van der Waals surface area contributed by atoms with E-state index < -0.39 is 8.07 Å². The van der Waals surface area contributed by atoms with Crippen molar-refractivity contribution in [3.05, 3.63) is 115 Å². The molecule has 3 heterocycles. The summed E-state index contributed by atoms with van der Waals surface area (Å²) < 4.78 is 6.08. The van der Waals surface area contributed by atoms with Gasteiger partial charge in [0.05, 0.1) is 0 Å². The Labute approximate surface area is 207 Å². The van der Waals surface area contributed by atoms with Crippen LogP contribution in [0.15, 0.2) is 103 Å². The second-order valence-electron chi connectivity index (χ2n) is 9.40. The van der Waals surface area contributed by atoms with Crippen molar-refractivity contribution in [2.24, 2.45) is 0 Å². The number of hydrogen-bond donors (Lipinski definition) is 0. The second-order valence-corrected chi connectivity index (χ2v) is 13.2. The first-order chi connectivity index (χ1) is 17.0. The third-order valence-corrected chi connectivity index (χ3v) is 11.6. The molecule has 1 unspecified atom stereocenters. The smallest absolute Gasteiger partial charge is 0.219 e. The number of benzene rings is 3. The fourth-order valence-corrected chi connectivity index (χ4v) is 9.75. The van der Waals surface area contributed by atoms with Crippen LogP contribution >= 0.6 is 0 Å². The lowest BCUT2D eigenvalue weighted by atomic mass is 10.0. The summed E-state index contributed by atoms with van der Waals surface area (Å²) in [6.45, 7) is 6.67. The van der Waals surface area contributed by atoms with Gasteiger partial charge in [-0.2, -0.15) is 0 Å². The number of fused-ring (bicyclic) bond motifs is 3. The van der Waals surface area contributed by atoms with Crippen LogP contribution in [0.3, 0.4) is 0 Å². The summed E-state index contributed by atoms with van der Waals surface area (Å²) in [5.74, 6) is 1.39. The Morgan fingerprint density at radius 3 is 2.34 bits per heavy atom. The molecular weight excluding hydrogens is 444 g/mol. The minimum absolute atomic E-state index is 0.608. The van der Waals surface area contributed by atoms with Crippen LogP contribution in [0.1, 0.15) is 11.1 Å². The molecule has 35 heavy (non-hydrogen) atoms. The van der Waals surface area contributed by atoms with Gasteiger partial charge >= 0.3 is 0 Å². The van der Waals surface area contributed by atoms with Crippen molar-refractivity contribution in [1.82, 2.24) is 9.97 Å². The van der Waals surface area contributed by atoms with Gasteiger partial charge in [0.15, 0.2) is 8.07 Å². The average molecular weight is 471 g/mol. The van der Waals surface area contributed by atoms with Crippen LogP contribution < -0.4 is 20.4 Å². The predicted octanol–water partition coefficient (Wildman–Crippen LogP) is 5.63. The van der Waals surface area contributed by atoms with E-state index in [0.29, 0.717) is 5.88 Å². The van der Waals surface area contributed by atoms with Gasteiger partial charge in [-0.3, -0.25) is 4.98 Å². The Bertz CT molecular complexity index is 1580. The molecule has 4 heteroatoms. The van der Waals surface area contributed by atoms with Gasteiger partial charge in [0.25, 0.3) is 0 Å². The molecule has 0 aliphatic carbocycles. The summed E-state index contributed by atoms with van der Waals surface area (Å²) in [5.41, 5.74) is 7.37. The molecule has 3 nitrogen and oxygen atoms in total. The van der Waals surface area contributed by atoms with Gasteiger partial charge in [-0.1, -0.05) is 67.2 Å². The van der Waals surface area contributed by atoms with Crippen LogP contribution in [0, 0.1) is 13.8 Å². The summed E-state index contributed by atoms with van der Waals surface area (Å²) in [7, 11) is -2.25. The van der Waals surface area contributed by atoms with Crippen molar-refractivity contribution in [2.45, 2.75) is 20.4 Å². The summed E-state index contributed by atoms with van der Waals surface area (Å²) in [6.07, 6.45) is 3.71. The topological polar surface area (TPSA) is 35.0 Å². The molecule has 0 amide bonds. The lowest BCUT2D eigenvalue weighted by Crippen LogP contribution is -2.64. The molecule has 5 aromatic rings. The van der Waals surface area contributed by atoms with Gasteiger partial charge < -0.3 is 4.74 Å². The number of nitrogens with zero attached hydrogens (tertiary/aromatic N) is 2. The highest BCUT2D eigenvalue weighted by Crippen LogP contribution is 2.33. The van der Waals surface area contributed by atoms with Crippen LogP contribution in [0.25, 0.3) is 22.3 Å². The van der Waals surface area contributed by atoms with E-state index in [1.807, 2.05) is 43.5 Å².